The number of carboxylic acids is 1. The summed E-state index contributed by atoms with van der Waals surface area (Å²) in [6.45, 7) is 5.68. The maximum atomic E-state index is 11.6. The zero-order valence-electron chi connectivity index (χ0n) is 11.1. The molecule has 0 saturated heterocycles. The van der Waals surface area contributed by atoms with Crippen molar-refractivity contribution in [1.82, 2.24) is 0 Å². The Bertz CT molecular complexity index is 454. The van der Waals surface area contributed by atoms with E-state index in [-0.39, 0.29) is 0 Å². The lowest BCUT2D eigenvalue weighted by Crippen LogP contribution is -2.51. The van der Waals surface area contributed by atoms with Crippen LogP contribution in [-0.4, -0.2) is 16.2 Å². The van der Waals surface area contributed by atoms with Crippen LogP contribution in [0.25, 0.3) is 0 Å². The van der Waals surface area contributed by atoms with E-state index in [0.717, 1.165) is 0 Å². The fourth-order valence-corrected chi connectivity index (χ4v) is 2.96. The smallest absolute Gasteiger partial charge is 0.312 e. The maximum Gasteiger partial charge on any atom is 0.312 e. The molecule has 0 amide bonds. The van der Waals surface area contributed by atoms with Gasteiger partial charge >= 0.3 is 5.97 Å². The summed E-state index contributed by atoms with van der Waals surface area (Å²) in [6, 6.07) is 9.17. The Balaban J connectivity index is 2.60. The summed E-state index contributed by atoms with van der Waals surface area (Å²) in [5.41, 5.74) is -2.22. The summed E-state index contributed by atoms with van der Waals surface area (Å²) in [7, 11) is 0. The zero-order chi connectivity index (χ0) is 13.6. The minimum absolute atomic E-state index is 0.533. The topological polar surface area (TPSA) is 57.5 Å². The van der Waals surface area contributed by atoms with Gasteiger partial charge in [0.05, 0.1) is 0 Å². The van der Waals surface area contributed by atoms with E-state index in [4.69, 9.17) is 0 Å². The molecular weight excluding hydrogens is 228 g/mol. The highest BCUT2D eigenvalue weighted by molar-refractivity contribution is 5.80. The van der Waals surface area contributed by atoms with Crippen molar-refractivity contribution in [3.63, 3.8) is 0 Å². The van der Waals surface area contributed by atoms with Crippen molar-refractivity contribution in [2.24, 2.45) is 10.8 Å². The molecule has 3 nitrogen and oxygen atoms in total. The molecule has 1 fully saturated rings. The highest BCUT2D eigenvalue weighted by Crippen LogP contribution is 2.64. The molecule has 0 aromatic heterocycles. The standard InChI is InChI=1S/C15H20O3/c1-13(2,3)15(18,11-7-5-4-6-8-11)14(9-10-14)12(16)17/h4-8,18H,9-10H2,1-3H3,(H,16,17). The van der Waals surface area contributed by atoms with Crippen molar-refractivity contribution < 1.29 is 15.0 Å². The van der Waals surface area contributed by atoms with Crippen LogP contribution in [-0.2, 0) is 10.4 Å². The Hall–Kier alpha value is -1.35. The van der Waals surface area contributed by atoms with E-state index in [1.54, 1.807) is 0 Å². The molecular formula is C15H20O3. The first-order valence-corrected chi connectivity index (χ1v) is 6.27. The van der Waals surface area contributed by atoms with Gasteiger partial charge in [0.2, 0.25) is 0 Å². The van der Waals surface area contributed by atoms with Crippen LogP contribution in [0.2, 0.25) is 0 Å². The van der Waals surface area contributed by atoms with E-state index in [9.17, 15) is 15.0 Å². The summed E-state index contributed by atoms with van der Waals surface area (Å²) in [5, 5.41) is 20.7. The minimum Gasteiger partial charge on any atom is -0.481 e. The molecule has 1 aliphatic rings. The summed E-state index contributed by atoms with van der Waals surface area (Å²) in [5.74, 6) is -0.899. The highest BCUT2D eigenvalue weighted by Gasteiger charge is 2.68. The largest absolute Gasteiger partial charge is 0.481 e. The Morgan fingerprint density at radius 2 is 1.67 bits per heavy atom. The van der Waals surface area contributed by atoms with Gasteiger partial charge in [-0.15, -0.1) is 0 Å². The van der Waals surface area contributed by atoms with Gasteiger partial charge in [-0.25, -0.2) is 0 Å². The van der Waals surface area contributed by atoms with E-state index in [1.165, 1.54) is 0 Å². The Kier molecular flexibility index (Phi) is 2.78. The van der Waals surface area contributed by atoms with Crippen LogP contribution < -0.4 is 0 Å². The van der Waals surface area contributed by atoms with Crippen molar-refractivity contribution in [1.29, 1.82) is 0 Å². The van der Waals surface area contributed by atoms with Crippen LogP contribution in [0.4, 0.5) is 0 Å². The highest BCUT2D eigenvalue weighted by atomic mass is 16.4. The fraction of sp³-hybridized carbons (Fsp3) is 0.533. The quantitative estimate of drug-likeness (QED) is 0.864. The molecule has 2 N–H and O–H groups in total. The van der Waals surface area contributed by atoms with Gasteiger partial charge in [-0.2, -0.15) is 0 Å². The maximum absolute atomic E-state index is 11.6. The number of rotatable bonds is 3. The number of hydrogen-bond donors (Lipinski definition) is 2. The van der Waals surface area contributed by atoms with Crippen molar-refractivity contribution in [3.05, 3.63) is 35.9 Å². The monoisotopic (exact) mass is 248 g/mol. The molecule has 0 spiro atoms. The molecule has 3 heteroatoms. The van der Waals surface area contributed by atoms with Crippen LogP contribution in [0.3, 0.4) is 0 Å². The fourth-order valence-electron chi connectivity index (χ4n) is 2.96. The second kappa shape index (κ2) is 3.82. The van der Waals surface area contributed by atoms with Gasteiger partial charge in [-0.1, -0.05) is 51.1 Å². The summed E-state index contributed by atoms with van der Waals surface area (Å²) in [4.78, 5) is 11.6. The first kappa shape index (κ1) is 13.1. The zero-order valence-corrected chi connectivity index (χ0v) is 11.1. The normalized spacial score (nSPS) is 21.1. The van der Waals surface area contributed by atoms with Gasteiger partial charge in [-0.3, -0.25) is 4.79 Å². The lowest BCUT2D eigenvalue weighted by molar-refractivity contribution is -0.173. The second-order valence-electron chi connectivity index (χ2n) is 6.21. The third-order valence-corrected chi connectivity index (χ3v) is 4.13. The molecule has 2 rings (SSSR count). The van der Waals surface area contributed by atoms with Gasteiger partial charge in [0, 0.05) is 0 Å². The van der Waals surface area contributed by atoms with E-state index < -0.39 is 22.4 Å². The van der Waals surface area contributed by atoms with E-state index in [1.807, 2.05) is 51.1 Å². The molecule has 0 heterocycles. The van der Waals surface area contributed by atoms with Crippen LogP contribution in [0, 0.1) is 10.8 Å². The Morgan fingerprint density at radius 1 is 1.17 bits per heavy atom. The third-order valence-electron chi connectivity index (χ3n) is 4.13. The van der Waals surface area contributed by atoms with E-state index in [2.05, 4.69) is 0 Å². The molecule has 0 aliphatic heterocycles. The summed E-state index contributed by atoms with van der Waals surface area (Å²) >= 11 is 0. The van der Waals surface area contributed by atoms with Gasteiger partial charge in [0.25, 0.3) is 0 Å². The van der Waals surface area contributed by atoms with Crippen molar-refractivity contribution >= 4 is 5.97 Å². The molecule has 1 saturated carbocycles. The molecule has 1 unspecified atom stereocenters. The molecule has 0 radical (unpaired) electrons. The molecule has 1 aliphatic carbocycles. The van der Waals surface area contributed by atoms with Gasteiger partial charge in [0.15, 0.2) is 0 Å². The predicted molar refractivity (Wildman–Crippen MR) is 69.1 cm³/mol. The molecule has 1 aromatic rings. The van der Waals surface area contributed by atoms with Gasteiger partial charge in [0.1, 0.15) is 11.0 Å². The first-order chi connectivity index (χ1) is 8.26. The summed E-state index contributed by atoms with van der Waals surface area (Å²) in [6.07, 6.45) is 1.07. The number of aliphatic hydroxyl groups is 1. The van der Waals surface area contributed by atoms with E-state index in [0.29, 0.717) is 18.4 Å². The average molecular weight is 248 g/mol. The predicted octanol–water partition coefficient (Wildman–Crippen LogP) is 2.79. The Labute approximate surface area is 107 Å². The van der Waals surface area contributed by atoms with Crippen molar-refractivity contribution in [2.75, 3.05) is 0 Å². The summed E-state index contributed by atoms with van der Waals surface area (Å²) < 4.78 is 0. The average Bonchev–Trinajstić information content (AvgIpc) is 3.09. The molecule has 1 atom stereocenters. The lowest BCUT2D eigenvalue weighted by Gasteiger charge is -2.45. The van der Waals surface area contributed by atoms with Crippen molar-refractivity contribution in [2.45, 2.75) is 39.2 Å². The number of aliphatic carboxylic acids is 1. The third kappa shape index (κ3) is 1.57. The molecule has 98 valence electrons. The van der Waals surface area contributed by atoms with Crippen molar-refractivity contribution in [3.8, 4) is 0 Å². The number of hydrogen-bond acceptors (Lipinski definition) is 2. The SMILES string of the molecule is CC(C)(C)C(O)(c1ccccc1)C1(C(=O)O)CC1. The number of carboxylic acid groups (broad SMARTS) is 1. The van der Waals surface area contributed by atoms with Crippen LogP contribution in [0.15, 0.2) is 30.3 Å². The Morgan fingerprint density at radius 3 is 2.00 bits per heavy atom. The number of carbonyl (C=O) groups is 1. The van der Waals surface area contributed by atoms with Crippen LogP contribution in [0.5, 0.6) is 0 Å². The minimum atomic E-state index is -1.34. The van der Waals surface area contributed by atoms with Crippen LogP contribution in [0.1, 0.15) is 39.2 Å². The lowest BCUT2D eigenvalue weighted by atomic mass is 9.63. The molecule has 18 heavy (non-hydrogen) atoms. The molecule has 1 aromatic carbocycles. The molecule has 0 bridgehead atoms. The van der Waals surface area contributed by atoms with Gasteiger partial charge in [-0.05, 0) is 23.8 Å². The second-order valence-corrected chi connectivity index (χ2v) is 6.21. The number of benzene rings is 1. The van der Waals surface area contributed by atoms with Gasteiger partial charge < -0.3 is 10.2 Å². The van der Waals surface area contributed by atoms with Crippen LogP contribution >= 0.6 is 0 Å². The first-order valence-electron chi connectivity index (χ1n) is 6.27. The van der Waals surface area contributed by atoms with E-state index >= 15 is 0 Å².